The highest BCUT2D eigenvalue weighted by atomic mass is 16.2. The van der Waals surface area contributed by atoms with Crippen molar-refractivity contribution in [2.75, 3.05) is 5.32 Å². The lowest BCUT2D eigenvalue weighted by atomic mass is 10.1. The zero-order chi connectivity index (χ0) is 22.1. The Balaban J connectivity index is 1.34. The molecule has 156 valence electrons. The minimum absolute atomic E-state index is 0.186. The van der Waals surface area contributed by atoms with Crippen LogP contribution in [0.2, 0.25) is 0 Å². The summed E-state index contributed by atoms with van der Waals surface area (Å²) in [5.74, 6) is -0.792. The zero-order valence-electron chi connectivity index (χ0n) is 16.9. The summed E-state index contributed by atoms with van der Waals surface area (Å²) in [5.41, 5.74) is 2.53. The molecule has 0 spiro atoms. The Kier molecular flexibility index (Phi) is 4.84. The fraction of sp³-hybridized carbons (Fsp3) is 0.0400. The minimum atomic E-state index is -0.409. The van der Waals surface area contributed by atoms with Crippen LogP contribution in [0.15, 0.2) is 91.1 Å². The molecule has 0 saturated carbocycles. The number of anilines is 1. The molecule has 0 radical (unpaired) electrons. The van der Waals surface area contributed by atoms with Crippen molar-refractivity contribution in [1.29, 1.82) is 0 Å². The molecule has 3 amide bonds. The summed E-state index contributed by atoms with van der Waals surface area (Å²) in [6, 6.07) is 25.1. The van der Waals surface area contributed by atoms with E-state index in [4.69, 9.17) is 0 Å². The number of hydrogen-bond donors (Lipinski definition) is 1. The number of nitrogens with zero attached hydrogens (tertiary/aromatic N) is 3. The molecule has 4 aromatic rings. The first-order valence-electron chi connectivity index (χ1n) is 10.1. The number of nitrogens with one attached hydrogen (secondary N) is 1. The second kappa shape index (κ2) is 7.96. The summed E-state index contributed by atoms with van der Waals surface area (Å²) >= 11 is 0. The smallest absolute Gasteiger partial charge is 0.261 e. The molecular weight excluding hydrogens is 404 g/mol. The fourth-order valence-electron chi connectivity index (χ4n) is 3.65. The molecule has 0 unspecified atom stereocenters. The standard InChI is InChI=1S/C25H18N4O3/c30-23(26-22-13-14-29(27-22)19-9-5-2-6-10-19)18-11-12-20-21(15-18)25(32)28(24(20)31)16-17-7-3-1-4-8-17/h1-15H,16H2,(H,26,27,30). The van der Waals surface area contributed by atoms with Crippen molar-refractivity contribution in [1.82, 2.24) is 14.7 Å². The van der Waals surface area contributed by atoms with E-state index in [1.165, 1.54) is 17.0 Å². The van der Waals surface area contributed by atoms with Gasteiger partial charge in [0, 0.05) is 17.8 Å². The minimum Gasteiger partial charge on any atom is -0.305 e. The number of hydrogen-bond acceptors (Lipinski definition) is 4. The van der Waals surface area contributed by atoms with Crippen LogP contribution in [0, 0.1) is 0 Å². The molecule has 7 heteroatoms. The number of para-hydroxylation sites is 1. The maximum atomic E-state index is 12.9. The number of imide groups is 1. The van der Waals surface area contributed by atoms with Gasteiger partial charge in [0.25, 0.3) is 17.7 Å². The molecule has 1 aliphatic heterocycles. The molecule has 0 fully saturated rings. The largest absolute Gasteiger partial charge is 0.305 e. The zero-order valence-corrected chi connectivity index (χ0v) is 16.9. The maximum absolute atomic E-state index is 12.9. The van der Waals surface area contributed by atoms with Gasteiger partial charge in [0.2, 0.25) is 0 Å². The molecular formula is C25H18N4O3. The normalized spacial score (nSPS) is 12.7. The van der Waals surface area contributed by atoms with Crippen LogP contribution in [0.3, 0.4) is 0 Å². The summed E-state index contributed by atoms with van der Waals surface area (Å²) in [6.45, 7) is 0.186. The molecule has 0 aliphatic carbocycles. The third-order valence-electron chi connectivity index (χ3n) is 5.27. The highest BCUT2D eigenvalue weighted by Crippen LogP contribution is 2.26. The van der Waals surface area contributed by atoms with Gasteiger partial charge in [-0.1, -0.05) is 48.5 Å². The van der Waals surface area contributed by atoms with E-state index in [2.05, 4.69) is 10.4 Å². The number of aromatic nitrogens is 2. The first kappa shape index (κ1) is 19.4. The van der Waals surface area contributed by atoms with Crippen molar-refractivity contribution in [3.8, 4) is 5.69 Å². The highest BCUT2D eigenvalue weighted by molar-refractivity contribution is 6.22. The second-order valence-corrected chi connectivity index (χ2v) is 7.38. The SMILES string of the molecule is O=C(Nc1ccn(-c2ccccc2)n1)c1ccc2c(c1)C(=O)N(Cc1ccccc1)C2=O. The van der Waals surface area contributed by atoms with Crippen LogP contribution in [0.4, 0.5) is 5.82 Å². The average molecular weight is 422 g/mol. The van der Waals surface area contributed by atoms with Crippen molar-refractivity contribution in [3.63, 3.8) is 0 Å². The first-order chi connectivity index (χ1) is 15.6. The van der Waals surface area contributed by atoms with E-state index < -0.39 is 11.8 Å². The van der Waals surface area contributed by atoms with Gasteiger partial charge in [-0.05, 0) is 35.9 Å². The number of fused-ring (bicyclic) bond motifs is 1. The van der Waals surface area contributed by atoms with Crippen LogP contribution in [-0.2, 0) is 6.54 Å². The van der Waals surface area contributed by atoms with E-state index in [0.29, 0.717) is 11.4 Å². The third-order valence-corrected chi connectivity index (χ3v) is 5.27. The molecule has 7 nitrogen and oxygen atoms in total. The maximum Gasteiger partial charge on any atom is 0.261 e. The molecule has 1 aliphatic rings. The predicted molar refractivity (Wildman–Crippen MR) is 119 cm³/mol. The third kappa shape index (κ3) is 3.56. The van der Waals surface area contributed by atoms with Crippen molar-refractivity contribution in [3.05, 3.63) is 113 Å². The van der Waals surface area contributed by atoms with Crippen LogP contribution >= 0.6 is 0 Å². The molecule has 0 atom stereocenters. The molecule has 2 heterocycles. The number of amides is 3. The highest BCUT2D eigenvalue weighted by Gasteiger charge is 2.36. The quantitative estimate of drug-likeness (QED) is 0.494. The number of rotatable bonds is 5. The Morgan fingerprint density at radius 1 is 0.812 bits per heavy atom. The monoisotopic (exact) mass is 422 g/mol. The second-order valence-electron chi connectivity index (χ2n) is 7.38. The molecule has 5 rings (SSSR count). The Morgan fingerprint density at radius 2 is 1.50 bits per heavy atom. The number of benzene rings is 3. The lowest BCUT2D eigenvalue weighted by Gasteiger charge is -2.13. The summed E-state index contributed by atoms with van der Waals surface area (Å²) in [4.78, 5) is 39.5. The van der Waals surface area contributed by atoms with Crippen molar-refractivity contribution in [2.45, 2.75) is 6.54 Å². The van der Waals surface area contributed by atoms with Gasteiger partial charge in [-0.15, -0.1) is 0 Å². The number of carbonyl (C=O) groups excluding carboxylic acids is 3. The van der Waals surface area contributed by atoms with Gasteiger partial charge in [0.05, 0.1) is 23.4 Å². The van der Waals surface area contributed by atoms with E-state index in [1.807, 2.05) is 60.7 Å². The van der Waals surface area contributed by atoms with Gasteiger partial charge in [0.1, 0.15) is 0 Å². The van der Waals surface area contributed by atoms with Gasteiger partial charge >= 0.3 is 0 Å². The number of carbonyl (C=O) groups is 3. The molecule has 32 heavy (non-hydrogen) atoms. The van der Waals surface area contributed by atoms with Crippen molar-refractivity contribution >= 4 is 23.5 Å². The van der Waals surface area contributed by atoms with E-state index in [1.54, 1.807) is 23.0 Å². The van der Waals surface area contributed by atoms with Crippen molar-refractivity contribution in [2.24, 2.45) is 0 Å². The van der Waals surface area contributed by atoms with Crippen LogP contribution in [0.25, 0.3) is 5.69 Å². The Morgan fingerprint density at radius 3 is 2.25 bits per heavy atom. The van der Waals surface area contributed by atoms with E-state index in [9.17, 15) is 14.4 Å². The van der Waals surface area contributed by atoms with Gasteiger partial charge in [-0.25, -0.2) is 4.68 Å². The average Bonchev–Trinajstić information content (AvgIpc) is 3.39. The van der Waals surface area contributed by atoms with Crippen molar-refractivity contribution < 1.29 is 14.4 Å². The van der Waals surface area contributed by atoms with Crippen LogP contribution < -0.4 is 5.32 Å². The molecule has 1 aromatic heterocycles. The van der Waals surface area contributed by atoms with Crippen LogP contribution in [0.1, 0.15) is 36.6 Å². The van der Waals surface area contributed by atoms with Gasteiger partial charge in [-0.3, -0.25) is 19.3 Å². The lowest BCUT2D eigenvalue weighted by molar-refractivity contribution is 0.0642. The Labute approximate surface area is 183 Å². The van der Waals surface area contributed by atoms with Crippen LogP contribution in [-0.4, -0.2) is 32.4 Å². The van der Waals surface area contributed by atoms with E-state index >= 15 is 0 Å². The van der Waals surface area contributed by atoms with E-state index in [0.717, 1.165) is 11.3 Å². The summed E-state index contributed by atoms with van der Waals surface area (Å²) < 4.78 is 1.65. The predicted octanol–water partition coefficient (Wildman–Crippen LogP) is 3.92. The van der Waals surface area contributed by atoms with Gasteiger partial charge in [-0.2, -0.15) is 5.10 Å². The first-order valence-corrected chi connectivity index (χ1v) is 10.1. The lowest BCUT2D eigenvalue weighted by Crippen LogP contribution is -2.29. The molecule has 3 aromatic carbocycles. The van der Waals surface area contributed by atoms with Crippen LogP contribution in [0.5, 0.6) is 0 Å². The van der Waals surface area contributed by atoms with Gasteiger partial charge in [0.15, 0.2) is 5.82 Å². The molecule has 1 N–H and O–H groups in total. The Bertz CT molecular complexity index is 1330. The summed E-state index contributed by atoms with van der Waals surface area (Å²) in [5, 5.41) is 7.10. The molecule has 0 bridgehead atoms. The Hall–Kier alpha value is -4.52. The fourth-order valence-corrected chi connectivity index (χ4v) is 3.65. The van der Waals surface area contributed by atoms with E-state index in [-0.39, 0.29) is 23.6 Å². The summed E-state index contributed by atoms with van der Waals surface area (Å²) in [6.07, 6.45) is 1.75. The topological polar surface area (TPSA) is 84.3 Å². The van der Waals surface area contributed by atoms with Gasteiger partial charge < -0.3 is 5.32 Å². The molecule has 0 saturated heterocycles. The summed E-state index contributed by atoms with van der Waals surface area (Å²) in [7, 11) is 0.